The normalized spacial score (nSPS) is 17.3. The van der Waals surface area contributed by atoms with Crippen molar-refractivity contribution in [2.24, 2.45) is 5.92 Å². The number of carbonyl (C=O) groups excluding carboxylic acids is 1. The highest BCUT2D eigenvalue weighted by Gasteiger charge is 2.29. The average molecular weight is 400 g/mol. The maximum absolute atomic E-state index is 12.8. The van der Waals surface area contributed by atoms with E-state index in [0.717, 1.165) is 61.8 Å². The average Bonchev–Trinajstić information content (AvgIpc) is 3.10. The van der Waals surface area contributed by atoms with Crippen LogP contribution in [0.1, 0.15) is 45.1 Å². The lowest BCUT2D eigenvalue weighted by atomic mass is 9.96. The standard InChI is InChI=1S/C23H33N3O3/c1-5-26(6-2)23(27)18-11-10-14-25(15-18)16-20-17(4)29-22(24-20)19-12-8-9-13-21(19)28-7-3/h8-9,12-13,18H,5-7,10-11,14-16H2,1-4H3. The monoisotopic (exact) mass is 399 g/mol. The first-order chi connectivity index (χ1) is 14.1. The third-order valence-electron chi connectivity index (χ3n) is 5.61. The molecule has 1 atom stereocenters. The molecule has 3 rings (SSSR count). The minimum atomic E-state index is 0.0778. The molecule has 0 radical (unpaired) electrons. The second kappa shape index (κ2) is 9.92. The highest BCUT2D eigenvalue weighted by atomic mass is 16.5. The molecule has 0 saturated carbocycles. The van der Waals surface area contributed by atoms with Crippen molar-refractivity contribution in [1.82, 2.24) is 14.8 Å². The lowest BCUT2D eigenvalue weighted by Crippen LogP contribution is -2.44. The quantitative estimate of drug-likeness (QED) is 0.668. The Balaban J connectivity index is 1.72. The molecule has 1 fully saturated rings. The van der Waals surface area contributed by atoms with Crippen LogP contribution in [-0.4, -0.2) is 53.5 Å². The van der Waals surface area contributed by atoms with E-state index in [2.05, 4.69) is 4.90 Å². The van der Waals surface area contributed by atoms with Crippen LogP contribution in [0, 0.1) is 12.8 Å². The summed E-state index contributed by atoms with van der Waals surface area (Å²) in [6.45, 7) is 12.6. The third kappa shape index (κ3) is 4.99. The van der Waals surface area contributed by atoms with Gasteiger partial charge >= 0.3 is 0 Å². The highest BCUT2D eigenvalue weighted by Crippen LogP contribution is 2.31. The number of benzene rings is 1. The van der Waals surface area contributed by atoms with Crippen LogP contribution in [0.3, 0.4) is 0 Å². The van der Waals surface area contributed by atoms with Gasteiger partial charge in [0.05, 0.1) is 23.8 Å². The van der Waals surface area contributed by atoms with Crippen molar-refractivity contribution in [2.75, 3.05) is 32.8 Å². The largest absolute Gasteiger partial charge is 0.493 e. The Morgan fingerprint density at radius 3 is 2.76 bits per heavy atom. The number of rotatable bonds is 8. The number of piperidine rings is 1. The van der Waals surface area contributed by atoms with Crippen molar-refractivity contribution in [3.63, 3.8) is 0 Å². The molecule has 6 nitrogen and oxygen atoms in total. The van der Waals surface area contributed by atoms with Crippen LogP contribution >= 0.6 is 0 Å². The molecule has 2 aromatic rings. The summed E-state index contributed by atoms with van der Waals surface area (Å²) in [4.78, 5) is 21.8. The number of aromatic nitrogens is 1. The van der Waals surface area contributed by atoms with E-state index in [1.807, 2.05) is 56.9 Å². The van der Waals surface area contributed by atoms with Crippen molar-refractivity contribution >= 4 is 5.91 Å². The summed E-state index contributed by atoms with van der Waals surface area (Å²) >= 11 is 0. The maximum Gasteiger partial charge on any atom is 0.230 e. The summed E-state index contributed by atoms with van der Waals surface area (Å²) in [7, 11) is 0. The number of hydrogen-bond acceptors (Lipinski definition) is 5. The van der Waals surface area contributed by atoms with Gasteiger partial charge in [-0.1, -0.05) is 12.1 Å². The first kappa shape index (κ1) is 21.4. The summed E-state index contributed by atoms with van der Waals surface area (Å²) in [6.07, 6.45) is 2.01. The van der Waals surface area contributed by atoms with Gasteiger partial charge in [0.1, 0.15) is 11.5 Å². The Bertz CT molecular complexity index is 813. The molecule has 29 heavy (non-hydrogen) atoms. The molecule has 1 aromatic carbocycles. The van der Waals surface area contributed by atoms with Crippen molar-refractivity contribution < 1.29 is 13.9 Å². The van der Waals surface area contributed by atoms with Crippen LogP contribution in [0.4, 0.5) is 0 Å². The molecule has 1 amide bonds. The van der Waals surface area contributed by atoms with Gasteiger partial charge in [-0.25, -0.2) is 4.98 Å². The van der Waals surface area contributed by atoms with Crippen LogP contribution in [0.25, 0.3) is 11.5 Å². The lowest BCUT2D eigenvalue weighted by Gasteiger charge is -2.34. The number of para-hydroxylation sites is 1. The van der Waals surface area contributed by atoms with E-state index >= 15 is 0 Å². The molecular formula is C23H33N3O3. The first-order valence-electron chi connectivity index (χ1n) is 10.8. The number of carbonyl (C=O) groups is 1. The molecule has 1 aliphatic rings. The van der Waals surface area contributed by atoms with Gasteiger partial charge in [-0.3, -0.25) is 9.69 Å². The predicted molar refractivity (Wildman–Crippen MR) is 114 cm³/mol. The van der Waals surface area contributed by atoms with Crippen molar-refractivity contribution in [2.45, 2.75) is 47.1 Å². The Morgan fingerprint density at radius 1 is 1.28 bits per heavy atom. The van der Waals surface area contributed by atoms with Gasteiger partial charge in [0, 0.05) is 26.2 Å². The van der Waals surface area contributed by atoms with Gasteiger partial charge in [0.15, 0.2) is 0 Å². The van der Waals surface area contributed by atoms with Gasteiger partial charge in [-0.15, -0.1) is 0 Å². The van der Waals surface area contributed by atoms with Gasteiger partial charge in [0.25, 0.3) is 0 Å². The molecule has 0 N–H and O–H groups in total. The van der Waals surface area contributed by atoms with E-state index in [4.69, 9.17) is 14.1 Å². The van der Waals surface area contributed by atoms with Gasteiger partial charge in [-0.2, -0.15) is 0 Å². The maximum atomic E-state index is 12.8. The zero-order valence-corrected chi connectivity index (χ0v) is 18.1. The summed E-state index contributed by atoms with van der Waals surface area (Å²) in [5, 5.41) is 0. The van der Waals surface area contributed by atoms with Crippen molar-refractivity contribution in [3.8, 4) is 17.2 Å². The van der Waals surface area contributed by atoms with Crippen LogP contribution in [0.2, 0.25) is 0 Å². The Kier molecular flexibility index (Phi) is 7.31. The fourth-order valence-corrected chi connectivity index (χ4v) is 4.02. The zero-order valence-electron chi connectivity index (χ0n) is 18.1. The zero-order chi connectivity index (χ0) is 20.8. The molecule has 2 heterocycles. The second-order valence-corrected chi connectivity index (χ2v) is 7.54. The van der Waals surface area contributed by atoms with E-state index in [-0.39, 0.29) is 11.8 Å². The summed E-state index contributed by atoms with van der Waals surface area (Å²) < 4.78 is 11.7. The minimum absolute atomic E-state index is 0.0778. The lowest BCUT2D eigenvalue weighted by molar-refractivity contribution is -0.137. The van der Waals surface area contributed by atoms with E-state index < -0.39 is 0 Å². The molecule has 0 spiro atoms. The number of likely N-dealkylation sites (tertiary alicyclic amines) is 1. The molecule has 1 unspecified atom stereocenters. The van der Waals surface area contributed by atoms with Crippen LogP contribution in [0.5, 0.6) is 5.75 Å². The van der Waals surface area contributed by atoms with E-state index in [0.29, 0.717) is 19.0 Å². The number of nitrogens with zero attached hydrogens (tertiary/aromatic N) is 3. The molecule has 6 heteroatoms. The van der Waals surface area contributed by atoms with Crippen LogP contribution in [0.15, 0.2) is 28.7 Å². The van der Waals surface area contributed by atoms with Gasteiger partial charge in [0.2, 0.25) is 11.8 Å². The smallest absolute Gasteiger partial charge is 0.230 e. The molecular weight excluding hydrogens is 366 g/mol. The van der Waals surface area contributed by atoms with E-state index in [1.165, 1.54) is 0 Å². The Morgan fingerprint density at radius 2 is 2.03 bits per heavy atom. The summed E-state index contributed by atoms with van der Waals surface area (Å²) in [6, 6.07) is 7.82. The fraction of sp³-hybridized carbons (Fsp3) is 0.565. The molecule has 1 aliphatic heterocycles. The number of hydrogen-bond donors (Lipinski definition) is 0. The number of aryl methyl sites for hydroxylation is 1. The predicted octanol–water partition coefficient (Wildman–Crippen LogP) is 4.13. The van der Waals surface area contributed by atoms with Crippen LogP contribution < -0.4 is 4.74 Å². The number of amides is 1. The molecule has 1 aromatic heterocycles. The van der Waals surface area contributed by atoms with Gasteiger partial charge in [-0.05, 0) is 59.2 Å². The first-order valence-corrected chi connectivity index (χ1v) is 10.8. The van der Waals surface area contributed by atoms with Crippen molar-refractivity contribution in [3.05, 3.63) is 35.7 Å². The highest BCUT2D eigenvalue weighted by molar-refractivity contribution is 5.79. The fourth-order valence-electron chi connectivity index (χ4n) is 4.02. The van der Waals surface area contributed by atoms with E-state index in [9.17, 15) is 4.79 Å². The Hall–Kier alpha value is -2.34. The SMILES string of the molecule is CCOc1ccccc1-c1nc(CN2CCCC(C(=O)N(CC)CC)C2)c(C)o1. The third-order valence-corrected chi connectivity index (χ3v) is 5.61. The minimum Gasteiger partial charge on any atom is -0.493 e. The summed E-state index contributed by atoms with van der Waals surface area (Å²) in [5.41, 5.74) is 1.80. The molecule has 158 valence electrons. The van der Waals surface area contributed by atoms with Crippen molar-refractivity contribution in [1.29, 1.82) is 0 Å². The molecule has 0 aliphatic carbocycles. The number of oxazole rings is 1. The van der Waals surface area contributed by atoms with Gasteiger partial charge < -0.3 is 14.1 Å². The topological polar surface area (TPSA) is 58.8 Å². The van der Waals surface area contributed by atoms with E-state index in [1.54, 1.807) is 0 Å². The molecule has 1 saturated heterocycles. The van der Waals surface area contributed by atoms with Crippen LogP contribution in [-0.2, 0) is 11.3 Å². The summed E-state index contributed by atoms with van der Waals surface area (Å²) in [5.74, 6) is 2.56. The molecule has 0 bridgehead atoms. The Labute approximate surface area is 173 Å². The number of ether oxygens (including phenoxy) is 1. The second-order valence-electron chi connectivity index (χ2n) is 7.54.